The first-order valence-electron chi connectivity index (χ1n) is 5.20. The average Bonchev–Trinajstić information content (AvgIpc) is 2.30. The molecule has 1 atom stereocenters. The third-order valence-corrected chi connectivity index (χ3v) is 2.70. The number of carbonyl (C=O) groups is 1. The van der Waals surface area contributed by atoms with Gasteiger partial charge in [0.05, 0.1) is 11.3 Å². The van der Waals surface area contributed by atoms with Gasteiger partial charge in [0.25, 0.3) is 0 Å². The Morgan fingerprint density at radius 2 is 2.33 bits per heavy atom. The highest BCUT2D eigenvalue weighted by molar-refractivity contribution is 5.87. The highest BCUT2D eigenvalue weighted by Crippen LogP contribution is 2.20. The summed E-state index contributed by atoms with van der Waals surface area (Å²) in [6.45, 7) is 1.02. The summed E-state index contributed by atoms with van der Waals surface area (Å²) in [5, 5.41) is 12.1. The fourth-order valence-corrected chi connectivity index (χ4v) is 1.84. The molecule has 2 rings (SSSR count). The van der Waals surface area contributed by atoms with E-state index in [0.29, 0.717) is 6.04 Å². The van der Waals surface area contributed by atoms with Gasteiger partial charge in [-0.05, 0) is 31.5 Å². The number of nitrogens with zero attached hydrogens (tertiary/aromatic N) is 1. The van der Waals surface area contributed by atoms with Gasteiger partial charge in [0.2, 0.25) is 0 Å². The summed E-state index contributed by atoms with van der Waals surface area (Å²) in [6.07, 6.45) is 4.93. The van der Waals surface area contributed by atoms with Crippen molar-refractivity contribution in [1.29, 1.82) is 0 Å². The average molecular weight is 206 g/mol. The molecule has 1 aromatic heterocycles. The van der Waals surface area contributed by atoms with Crippen LogP contribution in [0.2, 0.25) is 0 Å². The van der Waals surface area contributed by atoms with Crippen molar-refractivity contribution >= 4 is 5.97 Å². The minimum atomic E-state index is -0.925. The molecule has 2 N–H and O–H groups in total. The summed E-state index contributed by atoms with van der Waals surface area (Å²) in [7, 11) is 0. The molecule has 0 spiro atoms. The zero-order valence-corrected chi connectivity index (χ0v) is 8.44. The van der Waals surface area contributed by atoms with E-state index < -0.39 is 5.97 Å². The first kappa shape index (κ1) is 10.1. The minimum absolute atomic E-state index is 0.245. The number of hydrogen-bond acceptors (Lipinski definition) is 3. The Bertz CT molecular complexity index is 342. The molecule has 4 nitrogen and oxygen atoms in total. The number of rotatable bonds is 2. The van der Waals surface area contributed by atoms with Crippen LogP contribution in [0.1, 0.15) is 41.4 Å². The van der Waals surface area contributed by atoms with Crippen molar-refractivity contribution in [1.82, 2.24) is 10.3 Å². The highest BCUT2D eigenvalue weighted by atomic mass is 16.4. The van der Waals surface area contributed by atoms with Crippen LogP contribution < -0.4 is 5.32 Å². The molecule has 1 aromatic rings. The van der Waals surface area contributed by atoms with Crippen molar-refractivity contribution in [3.8, 4) is 0 Å². The molecule has 2 heterocycles. The second-order valence-electron chi connectivity index (χ2n) is 3.78. The van der Waals surface area contributed by atoms with Gasteiger partial charge in [-0.25, -0.2) is 4.79 Å². The summed E-state index contributed by atoms with van der Waals surface area (Å²) >= 11 is 0. The molecule has 0 aliphatic carbocycles. The van der Waals surface area contributed by atoms with Crippen molar-refractivity contribution in [3.63, 3.8) is 0 Å². The monoisotopic (exact) mass is 206 g/mol. The van der Waals surface area contributed by atoms with E-state index >= 15 is 0 Å². The zero-order chi connectivity index (χ0) is 10.7. The van der Waals surface area contributed by atoms with Crippen LogP contribution in [-0.4, -0.2) is 22.6 Å². The van der Waals surface area contributed by atoms with Crippen molar-refractivity contribution in [3.05, 3.63) is 29.6 Å². The molecule has 4 heteroatoms. The molecule has 1 saturated heterocycles. The Balaban J connectivity index is 2.11. The molecule has 0 aromatic carbocycles. The maximum Gasteiger partial charge on any atom is 0.337 e. The molecule has 1 fully saturated rings. The van der Waals surface area contributed by atoms with Crippen LogP contribution in [0.4, 0.5) is 0 Å². The number of aromatic nitrogens is 1. The van der Waals surface area contributed by atoms with E-state index in [0.717, 1.165) is 18.7 Å². The number of pyridine rings is 1. The van der Waals surface area contributed by atoms with Gasteiger partial charge >= 0.3 is 5.97 Å². The summed E-state index contributed by atoms with van der Waals surface area (Å²) in [5.74, 6) is -0.925. The van der Waals surface area contributed by atoms with Gasteiger partial charge < -0.3 is 10.4 Å². The molecule has 80 valence electrons. The topological polar surface area (TPSA) is 62.2 Å². The van der Waals surface area contributed by atoms with E-state index in [2.05, 4.69) is 10.3 Å². The van der Waals surface area contributed by atoms with Crippen LogP contribution in [0.3, 0.4) is 0 Å². The predicted molar refractivity (Wildman–Crippen MR) is 55.8 cm³/mol. The lowest BCUT2D eigenvalue weighted by molar-refractivity contribution is 0.0696. The standard InChI is InChI=1S/C11H14N2O2/c14-11(15)8-4-5-10(13-7-8)9-3-1-2-6-12-9/h4-5,7,9,12H,1-3,6H2,(H,14,15). The molecular weight excluding hydrogens is 192 g/mol. The Labute approximate surface area is 88.3 Å². The molecule has 0 amide bonds. The van der Waals surface area contributed by atoms with E-state index in [1.54, 1.807) is 12.1 Å². The van der Waals surface area contributed by atoms with Gasteiger partial charge in [0, 0.05) is 12.2 Å². The van der Waals surface area contributed by atoms with Crippen molar-refractivity contribution in [2.75, 3.05) is 6.54 Å². The zero-order valence-electron chi connectivity index (χ0n) is 8.44. The number of nitrogens with one attached hydrogen (secondary N) is 1. The first-order chi connectivity index (χ1) is 7.27. The normalized spacial score (nSPS) is 21.2. The van der Waals surface area contributed by atoms with Crippen LogP contribution in [-0.2, 0) is 0 Å². The van der Waals surface area contributed by atoms with Gasteiger partial charge in [-0.1, -0.05) is 6.42 Å². The van der Waals surface area contributed by atoms with E-state index in [9.17, 15) is 4.79 Å². The highest BCUT2D eigenvalue weighted by Gasteiger charge is 2.15. The second kappa shape index (κ2) is 4.40. The lowest BCUT2D eigenvalue weighted by atomic mass is 10.0. The summed E-state index contributed by atoms with van der Waals surface area (Å²) < 4.78 is 0. The number of aromatic carboxylic acids is 1. The van der Waals surface area contributed by atoms with Crippen LogP contribution >= 0.6 is 0 Å². The smallest absolute Gasteiger partial charge is 0.337 e. The molecule has 1 aliphatic heterocycles. The molecule has 0 bridgehead atoms. The van der Waals surface area contributed by atoms with Gasteiger partial charge in [-0.15, -0.1) is 0 Å². The Hall–Kier alpha value is -1.42. The van der Waals surface area contributed by atoms with Crippen LogP contribution in [0.15, 0.2) is 18.3 Å². The quantitative estimate of drug-likeness (QED) is 0.771. The molecular formula is C11H14N2O2. The lowest BCUT2D eigenvalue weighted by Crippen LogP contribution is -2.27. The minimum Gasteiger partial charge on any atom is -0.478 e. The van der Waals surface area contributed by atoms with E-state index in [1.807, 2.05) is 0 Å². The lowest BCUT2D eigenvalue weighted by Gasteiger charge is -2.22. The summed E-state index contributed by atoms with van der Waals surface area (Å²) in [4.78, 5) is 14.8. The summed E-state index contributed by atoms with van der Waals surface area (Å²) in [5.41, 5.74) is 1.19. The van der Waals surface area contributed by atoms with E-state index in [4.69, 9.17) is 5.11 Å². The molecule has 15 heavy (non-hydrogen) atoms. The maximum absolute atomic E-state index is 10.6. The van der Waals surface area contributed by atoms with Gasteiger partial charge in [0.1, 0.15) is 0 Å². The number of carboxylic acid groups (broad SMARTS) is 1. The number of hydrogen-bond donors (Lipinski definition) is 2. The van der Waals surface area contributed by atoms with Crippen molar-refractivity contribution < 1.29 is 9.90 Å². The molecule has 1 unspecified atom stereocenters. The van der Waals surface area contributed by atoms with Gasteiger partial charge in [-0.2, -0.15) is 0 Å². The third-order valence-electron chi connectivity index (χ3n) is 2.70. The Morgan fingerprint density at radius 1 is 1.47 bits per heavy atom. The van der Waals surface area contributed by atoms with Crippen LogP contribution in [0.5, 0.6) is 0 Å². The van der Waals surface area contributed by atoms with Crippen molar-refractivity contribution in [2.45, 2.75) is 25.3 Å². The SMILES string of the molecule is O=C(O)c1ccc(C2CCCCN2)nc1. The number of carboxylic acids is 1. The summed E-state index contributed by atoms with van der Waals surface area (Å²) in [6, 6.07) is 3.70. The third kappa shape index (κ3) is 2.33. The van der Waals surface area contributed by atoms with Crippen LogP contribution in [0, 0.1) is 0 Å². The largest absolute Gasteiger partial charge is 0.478 e. The van der Waals surface area contributed by atoms with E-state index in [1.165, 1.54) is 19.0 Å². The van der Waals surface area contributed by atoms with E-state index in [-0.39, 0.29) is 5.56 Å². The number of piperidine rings is 1. The van der Waals surface area contributed by atoms with Gasteiger partial charge in [-0.3, -0.25) is 4.98 Å². The first-order valence-corrected chi connectivity index (χ1v) is 5.20. The van der Waals surface area contributed by atoms with Crippen molar-refractivity contribution in [2.24, 2.45) is 0 Å². The molecule has 1 aliphatic rings. The van der Waals surface area contributed by atoms with Gasteiger partial charge in [0.15, 0.2) is 0 Å². The van der Waals surface area contributed by atoms with Crippen LogP contribution in [0.25, 0.3) is 0 Å². The maximum atomic E-state index is 10.6. The fraction of sp³-hybridized carbons (Fsp3) is 0.455. The predicted octanol–water partition coefficient (Wildman–Crippen LogP) is 1.59. The fourth-order valence-electron chi connectivity index (χ4n) is 1.84. The molecule has 0 radical (unpaired) electrons. The molecule has 0 saturated carbocycles. The Morgan fingerprint density at radius 3 is 2.87 bits per heavy atom. The Kier molecular flexibility index (Phi) is 2.97. The second-order valence-corrected chi connectivity index (χ2v) is 3.78.